The number of hydrogen-bond donors (Lipinski definition) is 1. The molecule has 32 heavy (non-hydrogen) atoms. The molecular weight excluding hydrogens is 436 g/mol. The number of carbonyl (C=O) groups excluding carboxylic acids is 1. The van der Waals surface area contributed by atoms with Crippen LogP contribution in [0.5, 0.6) is 0 Å². The zero-order valence-electron chi connectivity index (χ0n) is 18.8. The molecule has 0 saturated carbocycles. The molecule has 1 aromatic heterocycles. The zero-order valence-corrected chi connectivity index (χ0v) is 20.4. The van der Waals surface area contributed by atoms with Crippen LogP contribution in [0.1, 0.15) is 54.3 Å². The molecule has 4 rings (SSSR count). The summed E-state index contributed by atoms with van der Waals surface area (Å²) in [5.41, 5.74) is 5.36. The predicted octanol–water partition coefficient (Wildman–Crippen LogP) is 6.95. The largest absolute Gasteiger partial charge is 0.315 e. The van der Waals surface area contributed by atoms with Gasteiger partial charge < -0.3 is 5.32 Å². The summed E-state index contributed by atoms with van der Waals surface area (Å²) in [6, 6.07) is 18.4. The molecule has 1 aliphatic heterocycles. The van der Waals surface area contributed by atoms with Crippen molar-refractivity contribution in [3.05, 3.63) is 86.8 Å². The molecule has 0 spiro atoms. The molecule has 166 valence electrons. The number of nitrogens with zero attached hydrogens (tertiary/aromatic N) is 1. The van der Waals surface area contributed by atoms with E-state index in [1.807, 2.05) is 31.2 Å². The van der Waals surface area contributed by atoms with Gasteiger partial charge in [0.2, 0.25) is 5.91 Å². The number of amides is 1. The van der Waals surface area contributed by atoms with Crippen LogP contribution in [0.4, 0.5) is 5.00 Å². The number of aliphatic imine (C=N–C) groups is 1. The summed E-state index contributed by atoms with van der Waals surface area (Å²) in [7, 11) is 0. The van der Waals surface area contributed by atoms with Gasteiger partial charge >= 0.3 is 0 Å². The second-order valence-electron chi connectivity index (χ2n) is 8.74. The second-order valence-corrected chi connectivity index (χ2v) is 10.3. The first-order valence-corrected chi connectivity index (χ1v) is 12.5. The maximum absolute atomic E-state index is 12.7. The highest BCUT2D eigenvalue weighted by molar-refractivity contribution is 7.16. The molecule has 0 radical (unpaired) electrons. The molecule has 1 unspecified atom stereocenters. The third kappa shape index (κ3) is 5.13. The Morgan fingerprint density at radius 3 is 2.44 bits per heavy atom. The van der Waals surface area contributed by atoms with E-state index in [1.54, 1.807) is 11.3 Å². The number of anilines is 1. The average molecular weight is 465 g/mol. The molecule has 2 heterocycles. The van der Waals surface area contributed by atoms with Crippen LogP contribution < -0.4 is 5.32 Å². The number of carbonyl (C=O) groups is 1. The Morgan fingerprint density at radius 1 is 1.03 bits per heavy atom. The van der Waals surface area contributed by atoms with Crippen LogP contribution >= 0.6 is 22.9 Å². The lowest BCUT2D eigenvalue weighted by atomic mass is 10.00. The summed E-state index contributed by atoms with van der Waals surface area (Å²) in [6.07, 6.45) is 3.64. The smallest absolute Gasteiger partial charge is 0.249 e. The van der Waals surface area contributed by atoms with E-state index in [-0.39, 0.29) is 5.91 Å². The molecule has 0 bridgehead atoms. The highest BCUT2D eigenvalue weighted by Crippen LogP contribution is 2.35. The Balaban J connectivity index is 1.59. The number of thiophene rings is 1. The van der Waals surface area contributed by atoms with Gasteiger partial charge in [-0.25, -0.2) is 0 Å². The zero-order chi connectivity index (χ0) is 22.7. The summed E-state index contributed by atoms with van der Waals surface area (Å²) >= 11 is 8.16. The molecule has 1 aliphatic rings. The lowest BCUT2D eigenvalue weighted by Gasteiger charge is -2.09. The topological polar surface area (TPSA) is 41.5 Å². The normalized spacial score (nSPS) is 15.8. The highest BCUT2D eigenvalue weighted by atomic mass is 35.5. The standard InChI is InChI=1S/C27H29ClN2OS/c1-4-24-26(31)30-27-22(25(29-24)21-7-5-6-8-23(21)28)16-20(32-27)14-13-18-9-11-19(12-10-18)15-17(2)3/h5-12,16-17,24H,4,13-15H2,1-3H3,(H,30,31). The Morgan fingerprint density at radius 2 is 1.75 bits per heavy atom. The lowest BCUT2D eigenvalue weighted by Crippen LogP contribution is -2.24. The Kier molecular flexibility index (Phi) is 7.12. The van der Waals surface area contributed by atoms with E-state index in [9.17, 15) is 4.79 Å². The van der Waals surface area contributed by atoms with E-state index in [0.29, 0.717) is 17.4 Å². The van der Waals surface area contributed by atoms with Crippen molar-refractivity contribution in [2.75, 3.05) is 5.32 Å². The molecule has 1 atom stereocenters. The van der Waals surface area contributed by atoms with Gasteiger partial charge in [-0.3, -0.25) is 9.79 Å². The Hall–Kier alpha value is -2.43. The van der Waals surface area contributed by atoms with Gasteiger partial charge in [0.25, 0.3) is 0 Å². The van der Waals surface area contributed by atoms with Crippen LogP contribution in [0.2, 0.25) is 5.02 Å². The van der Waals surface area contributed by atoms with Crippen molar-refractivity contribution >= 4 is 39.6 Å². The summed E-state index contributed by atoms with van der Waals surface area (Å²) in [5.74, 6) is 0.615. The van der Waals surface area contributed by atoms with Crippen molar-refractivity contribution in [2.45, 2.75) is 52.5 Å². The molecule has 0 fully saturated rings. The van der Waals surface area contributed by atoms with E-state index in [4.69, 9.17) is 16.6 Å². The van der Waals surface area contributed by atoms with Crippen LogP contribution in [-0.4, -0.2) is 17.7 Å². The van der Waals surface area contributed by atoms with E-state index >= 15 is 0 Å². The maximum atomic E-state index is 12.7. The number of nitrogens with one attached hydrogen (secondary N) is 1. The number of hydrogen-bond acceptors (Lipinski definition) is 3. The summed E-state index contributed by atoms with van der Waals surface area (Å²) in [4.78, 5) is 18.8. The van der Waals surface area contributed by atoms with Crippen LogP contribution in [0, 0.1) is 5.92 Å². The van der Waals surface area contributed by atoms with Crippen molar-refractivity contribution in [1.29, 1.82) is 0 Å². The second kappa shape index (κ2) is 10.0. The molecule has 2 aromatic carbocycles. The number of benzene rings is 2. The number of aryl methyl sites for hydroxylation is 2. The van der Waals surface area contributed by atoms with E-state index in [1.165, 1.54) is 16.0 Å². The number of fused-ring (bicyclic) bond motifs is 1. The lowest BCUT2D eigenvalue weighted by molar-refractivity contribution is -0.117. The third-order valence-corrected chi connectivity index (χ3v) is 7.15. The maximum Gasteiger partial charge on any atom is 0.249 e. The highest BCUT2D eigenvalue weighted by Gasteiger charge is 2.27. The quantitative estimate of drug-likeness (QED) is 0.403. The molecule has 0 saturated heterocycles. The van der Waals surface area contributed by atoms with Crippen LogP contribution in [0.25, 0.3) is 0 Å². The van der Waals surface area contributed by atoms with Crippen LogP contribution in [-0.2, 0) is 24.1 Å². The van der Waals surface area contributed by atoms with Crippen LogP contribution in [0.15, 0.2) is 59.6 Å². The molecule has 3 aromatic rings. The average Bonchev–Trinajstić information content (AvgIpc) is 3.11. The van der Waals surface area contributed by atoms with Gasteiger partial charge in [0.05, 0.1) is 5.71 Å². The first kappa shape index (κ1) is 22.8. The fourth-order valence-corrected chi connectivity index (χ4v) is 5.32. The SMILES string of the molecule is CCC1N=C(c2ccccc2Cl)c2cc(CCc3ccc(CC(C)C)cc3)sc2NC1=O. The van der Waals surface area contributed by atoms with Crippen LogP contribution in [0.3, 0.4) is 0 Å². The number of halogens is 1. The Bertz CT molecular complexity index is 1130. The van der Waals surface area contributed by atoms with Gasteiger partial charge in [0.1, 0.15) is 11.0 Å². The van der Waals surface area contributed by atoms with Gasteiger partial charge in [0.15, 0.2) is 0 Å². The van der Waals surface area contributed by atoms with Crippen molar-refractivity contribution in [3.8, 4) is 0 Å². The molecule has 1 amide bonds. The van der Waals surface area contributed by atoms with Crippen molar-refractivity contribution in [1.82, 2.24) is 0 Å². The van der Waals surface area contributed by atoms with E-state index in [0.717, 1.165) is 41.1 Å². The van der Waals surface area contributed by atoms with E-state index in [2.05, 4.69) is 49.5 Å². The summed E-state index contributed by atoms with van der Waals surface area (Å²) < 4.78 is 0. The van der Waals surface area contributed by atoms with Gasteiger partial charge in [-0.05, 0) is 54.9 Å². The minimum atomic E-state index is -0.409. The minimum absolute atomic E-state index is 0.0510. The van der Waals surface area contributed by atoms with Crippen molar-refractivity contribution in [2.24, 2.45) is 10.9 Å². The summed E-state index contributed by atoms with van der Waals surface area (Å²) in [5, 5.41) is 4.62. The van der Waals surface area contributed by atoms with Gasteiger partial charge in [-0.1, -0.05) is 74.8 Å². The predicted molar refractivity (Wildman–Crippen MR) is 137 cm³/mol. The monoisotopic (exact) mass is 464 g/mol. The molecule has 0 aliphatic carbocycles. The Labute approximate surface area is 199 Å². The summed E-state index contributed by atoms with van der Waals surface area (Å²) in [6.45, 7) is 6.47. The van der Waals surface area contributed by atoms with Crippen molar-refractivity contribution in [3.63, 3.8) is 0 Å². The first-order chi connectivity index (χ1) is 15.4. The third-order valence-electron chi connectivity index (χ3n) is 5.71. The van der Waals surface area contributed by atoms with Gasteiger partial charge in [0, 0.05) is 21.0 Å². The molecule has 5 heteroatoms. The van der Waals surface area contributed by atoms with Gasteiger partial charge in [-0.2, -0.15) is 0 Å². The fraction of sp³-hybridized carbons (Fsp3) is 0.333. The van der Waals surface area contributed by atoms with E-state index < -0.39 is 6.04 Å². The molecular formula is C27H29ClN2OS. The molecule has 1 N–H and O–H groups in total. The number of rotatable bonds is 7. The molecule has 3 nitrogen and oxygen atoms in total. The van der Waals surface area contributed by atoms with Gasteiger partial charge in [-0.15, -0.1) is 11.3 Å². The fourth-order valence-electron chi connectivity index (χ4n) is 4.04. The minimum Gasteiger partial charge on any atom is -0.315 e. The first-order valence-electron chi connectivity index (χ1n) is 11.3. The van der Waals surface area contributed by atoms with Crippen molar-refractivity contribution < 1.29 is 4.79 Å².